The lowest BCUT2D eigenvalue weighted by Gasteiger charge is -2.36. The quantitative estimate of drug-likeness (QED) is 0.803. The number of morpholine rings is 1. The number of carbonyl (C=O) groups is 1. The zero-order valence-corrected chi connectivity index (χ0v) is 16.6. The van der Waals surface area contributed by atoms with Crippen LogP contribution < -0.4 is 10.6 Å². The van der Waals surface area contributed by atoms with Crippen LogP contribution in [0.3, 0.4) is 0 Å². The van der Waals surface area contributed by atoms with Crippen molar-refractivity contribution >= 4 is 30.7 Å². The number of amides is 1. The Morgan fingerprint density at radius 1 is 1.31 bits per heavy atom. The van der Waals surface area contributed by atoms with E-state index in [4.69, 9.17) is 4.74 Å². The Balaban J connectivity index is 0.00000169. The number of hydrogen-bond acceptors (Lipinski definition) is 4. The van der Waals surface area contributed by atoms with Gasteiger partial charge in [-0.2, -0.15) is 0 Å². The highest BCUT2D eigenvalue weighted by Crippen LogP contribution is 2.25. The first kappa shape index (κ1) is 23.1. The first-order valence-electron chi connectivity index (χ1n) is 8.77. The molecule has 0 aliphatic carbocycles. The molecule has 5 nitrogen and oxygen atoms in total. The highest BCUT2D eigenvalue weighted by molar-refractivity contribution is 5.85. The zero-order chi connectivity index (χ0) is 16.9. The molecule has 2 heterocycles. The standard InChI is InChI=1S/C18H26FN3O2.2ClH/c1-13-16(7-4-8-20-13)21-18(23)17(22-9-11-24-12-10-22)14-5-2-3-6-15(14)19;;/h2-3,5-6,13,16-17,20H,4,7-12H2,1H3,(H,21,23);2*1H. The van der Waals surface area contributed by atoms with Gasteiger partial charge in [-0.05, 0) is 32.4 Å². The van der Waals surface area contributed by atoms with Gasteiger partial charge in [-0.3, -0.25) is 9.69 Å². The van der Waals surface area contributed by atoms with E-state index in [9.17, 15) is 9.18 Å². The van der Waals surface area contributed by atoms with Gasteiger partial charge in [0.15, 0.2) is 0 Å². The van der Waals surface area contributed by atoms with Crippen molar-refractivity contribution in [1.29, 1.82) is 0 Å². The molecular formula is C18H28Cl2FN3O2. The fourth-order valence-corrected chi connectivity index (χ4v) is 3.54. The van der Waals surface area contributed by atoms with Gasteiger partial charge >= 0.3 is 0 Å². The number of carbonyl (C=O) groups excluding carboxylic acids is 1. The molecule has 2 fully saturated rings. The van der Waals surface area contributed by atoms with Crippen LogP contribution in [-0.4, -0.2) is 55.7 Å². The lowest BCUT2D eigenvalue weighted by Crippen LogP contribution is -2.55. The maximum Gasteiger partial charge on any atom is 0.242 e. The molecule has 8 heteroatoms. The molecule has 3 rings (SSSR count). The molecule has 0 spiro atoms. The van der Waals surface area contributed by atoms with Crippen molar-refractivity contribution in [1.82, 2.24) is 15.5 Å². The molecule has 1 aromatic rings. The summed E-state index contributed by atoms with van der Waals surface area (Å²) in [5.41, 5.74) is 0.438. The number of nitrogens with one attached hydrogen (secondary N) is 2. The third-order valence-electron chi connectivity index (χ3n) is 4.95. The maximum atomic E-state index is 14.4. The topological polar surface area (TPSA) is 53.6 Å². The number of ether oxygens (including phenoxy) is 1. The number of nitrogens with zero attached hydrogens (tertiary/aromatic N) is 1. The Hall–Kier alpha value is -0.920. The molecule has 2 aliphatic rings. The fourth-order valence-electron chi connectivity index (χ4n) is 3.54. The van der Waals surface area contributed by atoms with Crippen molar-refractivity contribution in [3.63, 3.8) is 0 Å². The van der Waals surface area contributed by atoms with Crippen LogP contribution in [0, 0.1) is 5.82 Å². The average Bonchev–Trinajstić information content (AvgIpc) is 2.60. The minimum Gasteiger partial charge on any atom is -0.379 e. The monoisotopic (exact) mass is 407 g/mol. The largest absolute Gasteiger partial charge is 0.379 e. The predicted molar refractivity (Wildman–Crippen MR) is 105 cm³/mol. The van der Waals surface area contributed by atoms with Crippen molar-refractivity contribution in [3.8, 4) is 0 Å². The summed E-state index contributed by atoms with van der Waals surface area (Å²) in [5.74, 6) is -0.457. The van der Waals surface area contributed by atoms with E-state index in [0.29, 0.717) is 31.9 Å². The molecule has 0 saturated carbocycles. The van der Waals surface area contributed by atoms with Crippen LogP contribution in [-0.2, 0) is 9.53 Å². The van der Waals surface area contributed by atoms with E-state index >= 15 is 0 Å². The first-order chi connectivity index (χ1) is 11.7. The zero-order valence-electron chi connectivity index (χ0n) is 14.9. The van der Waals surface area contributed by atoms with Gasteiger partial charge in [-0.1, -0.05) is 18.2 Å². The normalized spacial score (nSPS) is 24.7. The summed E-state index contributed by atoms with van der Waals surface area (Å²) in [5, 5.41) is 6.53. The molecule has 0 bridgehead atoms. The highest BCUT2D eigenvalue weighted by Gasteiger charge is 2.33. The van der Waals surface area contributed by atoms with Crippen molar-refractivity contribution in [2.24, 2.45) is 0 Å². The van der Waals surface area contributed by atoms with E-state index in [1.807, 2.05) is 4.90 Å². The van der Waals surface area contributed by atoms with Gasteiger partial charge < -0.3 is 15.4 Å². The van der Waals surface area contributed by atoms with Crippen LogP contribution in [0.5, 0.6) is 0 Å². The van der Waals surface area contributed by atoms with E-state index in [2.05, 4.69) is 17.6 Å². The molecule has 1 amide bonds. The molecule has 3 atom stereocenters. The summed E-state index contributed by atoms with van der Waals surface area (Å²) < 4.78 is 19.7. The van der Waals surface area contributed by atoms with Gasteiger partial charge in [-0.15, -0.1) is 24.8 Å². The number of piperidine rings is 1. The Bertz CT molecular complexity index is 573. The van der Waals surface area contributed by atoms with E-state index < -0.39 is 6.04 Å². The van der Waals surface area contributed by atoms with Gasteiger partial charge in [0.25, 0.3) is 0 Å². The van der Waals surface area contributed by atoms with Gasteiger partial charge in [0.05, 0.1) is 13.2 Å². The third-order valence-corrected chi connectivity index (χ3v) is 4.95. The molecule has 2 aliphatic heterocycles. The predicted octanol–water partition coefficient (Wildman–Crippen LogP) is 2.30. The van der Waals surface area contributed by atoms with Crippen molar-refractivity contribution in [3.05, 3.63) is 35.6 Å². The SMILES string of the molecule is CC1NCCCC1NC(=O)C(c1ccccc1F)N1CCOCC1.Cl.Cl. The Morgan fingerprint density at radius 2 is 2.00 bits per heavy atom. The van der Waals surface area contributed by atoms with Crippen LogP contribution >= 0.6 is 24.8 Å². The van der Waals surface area contributed by atoms with Gasteiger partial charge in [-0.25, -0.2) is 4.39 Å². The Kier molecular flexibility index (Phi) is 9.82. The second kappa shape index (κ2) is 11.0. The summed E-state index contributed by atoms with van der Waals surface area (Å²) in [6.45, 7) is 5.46. The van der Waals surface area contributed by atoms with Crippen molar-refractivity contribution in [2.75, 3.05) is 32.8 Å². The number of benzene rings is 1. The third kappa shape index (κ3) is 5.54. The van der Waals surface area contributed by atoms with Crippen LogP contribution in [0.2, 0.25) is 0 Å². The van der Waals surface area contributed by atoms with E-state index in [1.54, 1.807) is 18.2 Å². The van der Waals surface area contributed by atoms with Gasteiger partial charge in [0, 0.05) is 30.7 Å². The van der Waals surface area contributed by atoms with Crippen LogP contribution in [0.4, 0.5) is 4.39 Å². The first-order valence-corrected chi connectivity index (χ1v) is 8.77. The van der Waals surface area contributed by atoms with Gasteiger partial charge in [0.1, 0.15) is 11.9 Å². The molecule has 2 N–H and O–H groups in total. The van der Waals surface area contributed by atoms with Gasteiger partial charge in [0.2, 0.25) is 5.91 Å². The summed E-state index contributed by atoms with van der Waals surface area (Å²) in [6.07, 6.45) is 1.99. The minimum atomic E-state index is -0.607. The highest BCUT2D eigenvalue weighted by atomic mass is 35.5. The van der Waals surface area contributed by atoms with E-state index in [0.717, 1.165) is 19.4 Å². The molecule has 3 unspecified atom stereocenters. The molecule has 1 aromatic carbocycles. The lowest BCUT2D eigenvalue weighted by atomic mass is 9.97. The van der Waals surface area contributed by atoms with Crippen LogP contribution in [0.15, 0.2) is 24.3 Å². The summed E-state index contributed by atoms with van der Waals surface area (Å²) in [6, 6.07) is 6.27. The molecule has 0 aromatic heterocycles. The minimum absolute atomic E-state index is 0. The molecule has 0 radical (unpaired) electrons. The number of hydrogen-bond donors (Lipinski definition) is 2. The summed E-state index contributed by atoms with van der Waals surface area (Å²) in [4.78, 5) is 15.0. The average molecular weight is 408 g/mol. The molecule has 2 saturated heterocycles. The Morgan fingerprint density at radius 3 is 2.65 bits per heavy atom. The van der Waals surface area contributed by atoms with E-state index in [1.165, 1.54) is 6.07 Å². The Labute approximate surface area is 166 Å². The number of halogens is 3. The second-order valence-electron chi connectivity index (χ2n) is 6.57. The fraction of sp³-hybridized carbons (Fsp3) is 0.611. The van der Waals surface area contributed by atoms with Crippen molar-refractivity contribution in [2.45, 2.75) is 37.9 Å². The summed E-state index contributed by atoms with van der Waals surface area (Å²) in [7, 11) is 0. The van der Waals surface area contributed by atoms with E-state index in [-0.39, 0.29) is 48.6 Å². The summed E-state index contributed by atoms with van der Waals surface area (Å²) >= 11 is 0. The van der Waals surface area contributed by atoms with Crippen LogP contribution in [0.25, 0.3) is 0 Å². The molecular weight excluding hydrogens is 380 g/mol. The maximum absolute atomic E-state index is 14.4. The van der Waals surface area contributed by atoms with Crippen molar-refractivity contribution < 1.29 is 13.9 Å². The second-order valence-corrected chi connectivity index (χ2v) is 6.57. The van der Waals surface area contributed by atoms with Crippen LogP contribution in [0.1, 0.15) is 31.4 Å². The smallest absolute Gasteiger partial charge is 0.242 e. The molecule has 148 valence electrons. The number of rotatable bonds is 4. The lowest BCUT2D eigenvalue weighted by molar-refractivity contribution is -0.129. The molecule has 26 heavy (non-hydrogen) atoms.